The molecule has 1 aromatic carbocycles. The van der Waals surface area contributed by atoms with Crippen molar-refractivity contribution < 1.29 is 0 Å². The quantitative estimate of drug-likeness (QED) is 0.465. The van der Waals surface area contributed by atoms with Crippen LogP contribution in [0.5, 0.6) is 0 Å². The summed E-state index contributed by atoms with van der Waals surface area (Å²) in [6, 6.07) is 9.96. The highest BCUT2D eigenvalue weighted by atomic mass is 32.1. The van der Waals surface area contributed by atoms with Crippen LogP contribution >= 0.6 is 12.2 Å². The molecule has 0 spiro atoms. The van der Waals surface area contributed by atoms with Crippen LogP contribution in [0.4, 0.5) is 5.69 Å². The van der Waals surface area contributed by atoms with Crippen molar-refractivity contribution in [2.75, 3.05) is 5.32 Å². The summed E-state index contributed by atoms with van der Waals surface area (Å²) in [7, 11) is 0. The zero-order valence-corrected chi connectivity index (χ0v) is 15.2. The Kier molecular flexibility index (Phi) is 9.73. The van der Waals surface area contributed by atoms with Crippen LogP contribution in [-0.2, 0) is 0 Å². The molecule has 0 saturated carbocycles. The van der Waals surface area contributed by atoms with Gasteiger partial charge in [0.1, 0.15) is 0 Å². The van der Waals surface area contributed by atoms with E-state index in [2.05, 4.69) is 36.6 Å². The number of nitrogens with one attached hydrogen (secondary N) is 2. The lowest BCUT2D eigenvalue weighted by Gasteiger charge is -2.13. The monoisotopic (exact) mass is 328 g/mol. The molecule has 0 bridgehead atoms. The van der Waals surface area contributed by atoms with Gasteiger partial charge in [-0.05, 0) is 49.7 Å². The number of hydrogen-bond acceptors (Lipinski definition) is 1. The first-order valence-electron chi connectivity index (χ1n) is 8.30. The van der Waals surface area contributed by atoms with Gasteiger partial charge in [0.05, 0.1) is 0 Å². The van der Waals surface area contributed by atoms with Gasteiger partial charge in [0.15, 0.2) is 5.11 Å². The van der Waals surface area contributed by atoms with E-state index >= 15 is 0 Å². The lowest BCUT2D eigenvalue weighted by Crippen LogP contribution is -2.27. The average Bonchev–Trinajstić information content (AvgIpc) is 2.54. The SMILES string of the molecule is C/C=C\C=C/C(=CC(C)CCCC)NC(=S)Nc1ccccc1. The molecule has 1 aromatic rings. The lowest BCUT2D eigenvalue weighted by molar-refractivity contribution is 0.595. The molecule has 0 radical (unpaired) electrons. The number of benzene rings is 1. The second-order valence-corrected chi connectivity index (χ2v) is 5.98. The van der Waals surface area contributed by atoms with E-state index in [1.54, 1.807) is 0 Å². The van der Waals surface area contributed by atoms with Gasteiger partial charge in [-0.15, -0.1) is 0 Å². The number of thiocarbonyl (C=S) groups is 1. The molecule has 0 aliphatic rings. The minimum atomic E-state index is 0.521. The number of rotatable bonds is 8. The first-order chi connectivity index (χ1) is 11.2. The van der Waals surface area contributed by atoms with Crippen molar-refractivity contribution in [1.82, 2.24) is 5.32 Å². The number of hydrogen-bond donors (Lipinski definition) is 2. The van der Waals surface area contributed by atoms with Crippen molar-refractivity contribution in [3.63, 3.8) is 0 Å². The zero-order chi connectivity index (χ0) is 16.9. The van der Waals surface area contributed by atoms with Gasteiger partial charge in [0, 0.05) is 11.4 Å². The van der Waals surface area contributed by atoms with Crippen molar-refractivity contribution in [1.29, 1.82) is 0 Å². The Hall–Kier alpha value is -1.87. The van der Waals surface area contributed by atoms with Crippen molar-refractivity contribution in [2.24, 2.45) is 5.92 Å². The Morgan fingerprint density at radius 3 is 2.61 bits per heavy atom. The predicted octanol–water partition coefficient (Wildman–Crippen LogP) is 5.82. The second kappa shape index (κ2) is 11.7. The fourth-order valence-corrected chi connectivity index (χ4v) is 2.38. The maximum atomic E-state index is 5.42. The number of para-hydroxylation sites is 1. The van der Waals surface area contributed by atoms with Crippen LogP contribution < -0.4 is 10.6 Å². The zero-order valence-electron chi connectivity index (χ0n) is 14.4. The van der Waals surface area contributed by atoms with Crippen LogP contribution in [0.15, 0.2) is 66.4 Å². The normalized spacial score (nSPS) is 13.4. The van der Waals surface area contributed by atoms with Crippen LogP contribution in [0.25, 0.3) is 0 Å². The summed E-state index contributed by atoms with van der Waals surface area (Å²) in [6.45, 7) is 6.47. The highest BCUT2D eigenvalue weighted by Gasteiger charge is 2.02. The predicted molar refractivity (Wildman–Crippen MR) is 107 cm³/mol. The van der Waals surface area contributed by atoms with Crippen molar-refractivity contribution in [3.8, 4) is 0 Å². The second-order valence-electron chi connectivity index (χ2n) is 5.57. The van der Waals surface area contributed by atoms with E-state index in [4.69, 9.17) is 12.2 Å². The Labute approximate surface area is 146 Å². The van der Waals surface area contributed by atoms with Crippen LogP contribution in [0, 0.1) is 5.92 Å². The highest BCUT2D eigenvalue weighted by Crippen LogP contribution is 2.12. The van der Waals surface area contributed by atoms with E-state index in [-0.39, 0.29) is 0 Å². The topological polar surface area (TPSA) is 24.1 Å². The average molecular weight is 329 g/mol. The summed E-state index contributed by atoms with van der Waals surface area (Å²) in [5.41, 5.74) is 2.01. The van der Waals surface area contributed by atoms with Gasteiger partial charge in [-0.2, -0.15) is 0 Å². The summed E-state index contributed by atoms with van der Waals surface area (Å²) >= 11 is 5.42. The largest absolute Gasteiger partial charge is 0.333 e. The molecule has 0 aliphatic heterocycles. The van der Waals surface area contributed by atoms with E-state index in [9.17, 15) is 0 Å². The minimum absolute atomic E-state index is 0.521. The lowest BCUT2D eigenvalue weighted by atomic mass is 10.0. The molecule has 3 heteroatoms. The molecule has 2 N–H and O–H groups in total. The highest BCUT2D eigenvalue weighted by molar-refractivity contribution is 7.80. The molecule has 1 rings (SSSR count). The standard InChI is InChI=1S/C20H28N2S/c1-4-6-9-15-19(16-17(3)12-7-5-2)22-20(23)21-18-13-10-8-11-14-18/h4,6,8-11,13-17H,5,7,12H2,1-3H3,(H2,21,22,23)/b6-4-,15-9-,19-16?. The van der Waals surface area contributed by atoms with E-state index in [1.807, 2.05) is 55.5 Å². The van der Waals surface area contributed by atoms with Gasteiger partial charge in [-0.3, -0.25) is 0 Å². The van der Waals surface area contributed by atoms with E-state index in [1.165, 1.54) is 19.3 Å². The Morgan fingerprint density at radius 1 is 1.22 bits per heavy atom. The third-order valence-corrected chi connectivity index (χ3v) is 3.55. The number of unbranched alkanes of at least 4 members (excludes halogenated alkanes) is 1. The summed E-state index contributed by atoms with van der Waals surface area (Å²) in [5.74, 6) is 0.521. The van der Waals surface area contributed by atoms with E-state index in [0.29, 0.717) is 11.0 Å². The van der Waals surface area contributed by atoms with Gasteiger partial charge >= 0.3 is 0 Å². The van der Waals surface area contributed by atoms with Gasteiger partial charge in [0.25, 0.3) is 0 Å². The van der Waals surface area contributed by atoms with Crippen LogP contribution in [-0.4, -0.2) is 5.11 Å². The molecule has 124 valence electrons. The molecule has 23 heavy (non-hydrogen) atoms. The van der Waals surface area contributed by atoms with Gasteiger partial charge in [-0.1, -0.05) is 69.2 Å². The molecule has 2 nitrogen and oxygen atoms in total. The van der Waals surface area contributed by atoms with Gasteiger partial charge in [0.2, 0.25) is 0 Å². The molecule has 0 saturated heterocycles. The number of anilines is 1. The molecule has 1 atom stereocenters. The number of allylic oxidation sites excluding steroid dienone is 5. The first-order valence-corrected chi connectivity index (χ1v) is 8.70. The molecule has 1 unspecified atom stereocenters. The maximum Gasteiger partial charge on any atom is 0.175 e. The fourth-order valence-electron chi connectivity index (χ4n) is 2.14. The van der Waals surface area contributed by atoms with Crippen LogP contribution in [0.3, 0.4) is 0 Å². The summed E-state index contributed by atoms with van der Waals surface area (Å²) < 4.78 is 0. The molecule has 0 aromatic heterocycles. The summed E-state index contributed by atoms with van der Waals surface area (Å²) in [5, 5.41) is 7.11. The van der Waals surface area contributed by atoms with Gasteiger partial charge < -0.3 is 10.6 Å². The molecule has 0 amide bonds. The van der Waals surface area contributed by atoms with E-state index < -0.39 is 0 Å². The molecule has 0 fully saturated rings. The first kappa shape index (κ1) is 19.2. The van der Waals surface area contributed by atoms with Crippen LogP contribution in [0.1, 0.15) is 40.0 Å². The molecule has 0 aliphatic carbocycles. The maximum absolute atomic E-state index is 5.42. The Balaban J connectivity index is 2.71. The van der Waals surface area contributed by atoms with E-state index in [0.717, 1.165) is 11.4 Å². The Morgan fingerprint density at radius 2 is 1.96 bits per heavy atom. The van der Waals surface area contributed by atoms with Crippen molar-refractivity contribution in [3.05, 3.63) is 66.4 Å². The smallest absolute Gasteiger partial charge is 0.175 e. The van der Waals surface area contributed by atoms with Crippen molar-refractivity contribution in [2.45, 2.75) is 40.0 Å². The Bertz CT molecular complexity index is 544. The third kappa shape index (κ3) is 8.99. The van der Waals surface area contributed by atoms with Gasteiger partial charge in [-0.25, -0.2) is 0 Å². The minimum Gasteiger partial charge on any atom is -0.333 e. The summed E-state index contributed by atoms with van der Waals surface area (Å²) in [6.07, 6.45) is 14.0. The van der Waals surface area contributed by atoms with Crippen LogP contribution in [0.2, 0.25) is 0 Å². The molecular weight excluding hydrogens is 300 g/mol. The molecule has 0 heterocycles. The summed E-state index contributed by atoms with van der Waals surface area (Å²) in [4.78, 5) is 0. The fraction of sp³-hybridized carbons (Fsp3) is 0.350. The third-order valence-electron chi connectivity index (χ3n) is 3.35. The molecular formula is C20H28N2S. The van der Waals surface area contributed by atoms with Crippen molar-refractivity contribution >= 4 is 23.0 Å².